The second-order valence-corrected chi connectivity index (χ2v) is 7.13. The van der Waals surface area contributed by atoms with Gasteiger partial charge in [-0.15, -0.1) is 0 Å². The van der Waals surface area contributed by atoms with Crippen LogP contribution in [0.15, 0.2) is 28.8 Å². The van der Waals surface area contributed by atoms with Crippen molar-refractivity contribution in [2.24, 2.45) is 5.92 Å². The van der Waals surface area contributed by atoms with Crippen LogP contribution < -0.4 is 5.32 Å². The minimum absolute atomic E-state index is 0.130. The van der Waals surface area contributed by atoms with Crippen molar-refractivity contribution in [2.75, 3.05) is 5.32 Å². The molecule has 0 bridgehead atoms. The highest BCUT2D eigenvalue weighted by Crippen LogP contribution is 2.24. The minimum atomic E-state index is -0.130. The number of halogens is 1. The zero-order valence-corrected chi connectivity index (χ0v) is 15.2. The van der Waals surface area contributed by atoms with E-state index in [-0.39, 0.29) is 6.04 Å². The molecule has 1 atom stereocenters. The summed E-state index contributed by atoms with van der Waals surface area (Å²) in [5.41, 5.74) is 0.834. The molecule has 1 unspecified atom stereocenters. The molecule has 6 nitrogen and oxygen atoms in total. The first kappa shape index (κ1) is 16.9. The zero-order chi connectivity index (χ0) is 17.1. The van der Waals surface area contributed by atoms with E-state index in [2.05, 4.69) is 38.7 Å². The third-order valence-electron chi connectivity index (χ3n) is 3.32. The number of anilines is 1. The predicted molar refractivity (Wildman–Crippen MR) is 95.2 cm³/mol. The monoisotopic (exact) mass is 363 g/mol. The molecule has 2 heterocycles. The van der Waals surface area contributed by atoms with Gasteiger partial charge in [0.15, 0.2) is 5.82 Å². The van der Waals surface area contributed by atoms with Crippen molar-refractivity contribution in [2.45, 2.75) is 33.2 Å². The summed E-state index contributed by atoms with van der Waals surface area (Å²) in [6, 6.07) is 7.15. The molecular weight excluding hydrogens is 346 g/mol. The molecule has 8 heteroatoms. The van der Waals surface area contributed by atoms with Gasteiger partial charge < -0.3 is 9.84 Å². The highest BCUT2D eigenvalue weighted by atomic mass is 35.5. The Hall–Kier alpha value is -1.99. The molecule has 3 rings (SSSR count). The molecule has 3 aromatic rings. The van der Waals surface area contributed by atoms with E-state index in [9.17, 15) is 0 Å². The lowest BCUT2D eigenvalue weighted by Gasteiger charge is -2.06. The van der Waals surface area contributed by atoms with Crippen LogP contribution >= 0.6 is 23.1 Å². The van der Waals surface area contributed by atoms with Gasteiger partial charge in [0.1, 0.15) is 5.82 Å². The van der Waals surface area contributed by atoms with Crippen molar-refractivity contribution < 1.29 is 4.52 Å². The van der Waals surface area contributed by atoms with E-state index in [1.807, 2.05) is 19.1 Å². The Morgan fingerprint density at radius 2 is 1.92 bits per heavy atom. The van der Waals surface area contributed by atoms with Crippen molar-refractivity contribution in [1.29, 1.82) is 0 Å². The van der Waals surface area contributed by atoms with Crippen molar-refractivity contribution in [1.82, 2.24) is 19.5 Å². The first-order valence-electron chi connectivity index (χ1n) is 7.70. The number of hydrogen-bond acceptors (Lipinski definition) is 7. The van der Waals surface area contributed by atoms with E-state index < -0.39 is 0 Å². The second kappa shape index (κ2) is 7.27. The maximum absolute atomic E-state index is 5.89. The van der Waals surface area contributed by atoms with Crippen LogP contribution in [0.4, 0.5) is 5.13 Å². The molecule has 0 saturated heterocycles. The summed E-state index contributed by atoms with van der Waals surface area (Å²) in [7, 11) is 0. The summed E-state index contributed by atoms with van der Waals surface area (Å²) < 4.78 is 9.69. The average molecular weight is 364 g/mol. The van der Waals surface area contributed by atoms with Crippen molar-refractivity contribution in [3.05, 3.63) is 40.9 Å². The Bertz CT molecular complexity index is 799. The van der Waals surface area contributed by atoms with Crippen LogP contribution in [0.5, 0.6) is 0 Å². The minimum Gasteiger partial charge on any atom is -0.350 e. The van der Waals surface area contributed by atoms with Gasteiger partial charge in [0.25, 0.3) is 5.89 Å². The quantitative estimate of drug-likeness (QED) is 0.688. The van der Waals surface area contributed by atoms with Gasteiger partial charge in [-0.1, -0.05) is 30.6 Å². The number of nitrogens with one attached hydrogen (secondary N) is 1. The molecular formula is C16H18ClN5OS. The Labute approximate surface area is 149 Å². The normalized spacial score (nSPS) is 12.5. The van der Waals surface area contributed by atoms with Gasteiger partial charge in [0.2, 0.25) is 5.13 Å². The third-order valence-corrected chi connectivity index (χ3v) is 4.26. The fourth-order valence-corrected chi connectivity index (χ4v) is 2.94. The summed E-state index contributed by atoms with van der Waals surface area (Å²) in [5, 5.41) is 8.73. The fourth-order valence-electron chi connectivity index (χ4n) is 2.13. The van der Waals surface area contributed by atoms with Gasteiger partial charge in [-0.05, 0) is 37.1 Å². The van der Waals surface area contributed by atoms with Gasteiger partial charge in [-0.25, -0.2) is 4.98 Å². The van der Waals surface area contributed by atoms with Crippen LogP contribution in [0.3, 0.4) is 0 Å². The van der Waals surface area contributed by atoms with Crippen LogP contribution in [-0.2, 0) is 6.42 Å². The SMILES string of the molecule is CC(C)Cc1nsc(NC(C)c2noc(-c3ccc(Cl)cc3)n2)n1. The van der Waals surface area contributed by atoms with Gasteiger partial charge in [-0.2, -0.15) is 9.36 Å². The third kappa shape index (κ3) is 4.10. The molecule has 0 aliphatic rings. The molecule has 0 amide bonds. The first-order chi connectivity index (χ1) is 11.5. The van der Waals surface area contributed by atoms with E-state index in [0.29, 0.717) is 22.7 Å². The molecule has 24 heavy (non-hydrogen) atoms. The summed E-state index contributed by atoms with van der Waals surface area (Å²) in [4.78, 5) is 8.92. The lowest BCUT2D eigenvalue weighted by atomic mass is 10.1. The van der Waals surface area contributed by atoms with Crippen molar-refractivity contribution >= 4 is 28.3 Å². The predicted octanol–water partition coefficient (Wildman–Crippen LogP) is 4.61. The average Bonchev–Trinajstić information content (AvgIpc) is 3.17. The molecule has 1 aromatic carbocycles. The van der Waals surface area contributed by atoms with E-state index in [0.717, 1.165) is 22.9 Å². The molecule has 0 saturated carbocycles. The van der Waals surface area contributed by atoms with E-state index >= 15 is 0 Å². The molecule has 0 aliphatic heterocycles. The highest BCUT2D eigenvalue weighted by Gasteiger charge is 2.16. The Morgan fingerprint density at radius 1 is 1.17 bits per heavy atom. The lowest BCUT2D eigenvalue weighted by molar-refractivity contribution is 0.420. The number of benzene rings is 1. The molecule has 0 radical (unpaired) electrons. The van der Waals surface area contributed by atoms with Crippen molar-refractivity contribution in [3.63, 3.8) is 0 Å². The lowest BCUT2D eigenvalue weighted by Crippen LogP contribution is -2.08. The number of rotatable bonds is 6. The molecule has 0 spiro atoms. The first-order valence-corrected chi connectivity index (χ1v) is 8.85. The Balaban J connectivity index is 1.68. The van der Waals surface area contributed by atoms with Gasteiger partial charge in [0.05, 0.1) is 6.04 Å². The molecule has 0 aliphatic carbocycles. The van der Waals surface area contributed by atoms with Gasteiger partial charge in [0, 0.05) is 28.5 Å². The smallest absolute Gasteiger partial charge is 0.257 e. The Kier molecular flexibility index (Phi) is 5.11. The topological polar surface area (TPSA) is 76.7 Å². The number of nitrogens with zero attached hydrogens (tertiary/aromatic N) is 4. The van der Waals surface area contributed by atoms with Crippen LogP contribution in [0.25, 0.3) is 11.5 Å². The second-order valence-electron chi connectivity index (χ2n) is 5.94. The van der Waals surface area contributed by atoms with Crippen molar-refractivity contribution in [3.8, 4) is 11.5 Å². The van der Waals surface area contributed by atoms with Gasteiger partial charge in [-0.3, -0.25) is 0 Å². The fraction of sp³-hybridized carbons (Fsp3) is 0.375. The number of hydrogen-bond donors (Lipinski definition) is 1. The molecule has 0 fully saturated rings. The van der Waals surface area contributed by atoms with E-state index in [1.54, 1.807) is 12.1 Å². The van der Waals surface area contributed by atoms with Crippen LogP contribution in [-0.4, -0.2) is 19.5 Å². The zero-order valence-electron chi connectivity index (χ0n) is 13.7. The van der Waals surface area contributed by atoms with E-state index in [4.69, 9.17) is 16.1 Å². The maximum Gasteiger partial charge on any atom is 0.257 e. The highest BCUT2D eigenvalue weighted by molar-refractivity contribution is 7.09. The largest absolute Gasteiger partial charge is 0.350 e. The standard InChI is InChI=1S/C16H18ClN5OS/c1-9(2)8-13-19-16(24-22-13)18-10(3)14-20-15(23-21-14)11-4-6-12(17)7-5-11/h4-7,9-10H,8H2,1-3H3,(H,18,19,22). The summed E-state index contributed by atoms with van der Waals surface area (Å²) in [5.74, 6) is 2.43. The van der Waals surface area contributed by atoms with Crippen LogP contribution in [0, 0.1) is 5.92 Å². The number of aromatic nitrogens is 4. The maximum atomic E-state index is 5.89. The molecule has 2 aromatic heterocycles. The summed E-state index contributed by atoms with van der Waals surface area (Å²) in [6.45, 7) is 6.25. The van der Waals surface area contributed by atoms with Crippen LogP contribution in [0.2, 0.25) is 5.02 Å². The molecule has 126 valence electrons. The molecule has 1 N–H and O–H groups in total. The summed E-state index contributed by atoms with van der Waals surface area (Å²) >= 11 is 7.24. The van der Waals surface area contributed by atoms with Crippen LogP contribution in [0.1, 0.15) is 38.5 Å². The van der Waals surface area contributed by atoms with Gasteiger partial charge >= 0.3 is 0 Å². The van der Waals surface area contributed by atoms with E-state index in [1.165, 1.54) is 11.5 Å². The summed E-state index contributed by atoms with van der Waals surface area (Å²) in [6.07, 6.45) is 0.871. The Morgan fingerprint density at radius 3 is 2.62 bits per heavy atom.